The third-order valence-corrected chi connectivity index (χ3v) is 4.10. The Morgan fingerprint density at radius 2 is 1.76 bits per heavy atom. The highest BCUT2D eigenvalue weighted by molar-refractivity contribution is 6.02. The van der Waals surface area contributed by atoms with Gasteiger partial charge in [-0.2, -0.15) is 0 Å². The molecule has 0 radical (unpaired) electrons. The molecule has 0 spiro atoms. The van der Waals surface area contributed by atoms with E-state index in [9.17, 15) is 4.79 Å². The van der Waals surface area contributed by atoms with Gasteiger partial charge in [0.05, 0.1) is 6.61 Å². The molecule has 0 fully saturated rings. The summed E-state index contributed by atoms with van der Waals surface area (Å²) in [6, 6.07) is 16.1. The van der Waals surface area contributed by atoms with Gasteiger partial charge in [0.15, 0.2) is 11.5 Å². The number of ether oxygens (including phenoxy) is 2. The minimum Gasteiger partial charge on any atom is -0.489 e. The number of unbranched alkanes of at least 4 members (excludes halogenated alkanes) is 1. The monoisotopic (exact) mass is 334 g/mol. The lowest BCUT2D eigenvalue weighted by atomic mass is 10.0. The van der Waals surface area contributed by atoms with Crippen molar-refractivity contribution in [1.29, 1.82) is 0 Å². The molecule has 0 amide bonds. The number of fused-ring (bicyclic) bond motifs is 2. The van der Waals surface area contributed by atoms with Gasteiger partial charge < -0.3 is 9.47 Å². The lowest BCUT2D eigenvalue weighted by Gasteiger charge is -2.15. The molecule has 25 heavy (non-hydrogen) atoms. The van der Waals surface area contributed by atoms with Gasteiger partial charge in [0.1, 0.15) is 0 Å². The van der Waals surface area contributed by atoms with Crippen molar-refractivity contribution in [3.63, 3.8) is 0 Å². The second kappa shape index (κ2) is 7.39. The molecule has 0 unspecified atom stereocenters. The Bertz CT molecular complexity index is 941. The average Bonchev–Trinajstić information content (AvgIpc) is 2.61. The Labute approximate surface area is 147 Å². The van der Waals surface area contributed by atoms with Crippen molar-refractivity contribution in [2.45, 2.75) is 26.7 Å². The van der Waals surface area contributed by atoms with E-state index < -0.39 is 5.97 Å². The van der Waals surface area contributed by atoms with Gasteiger partial charge in [-0.1, -0.05) is 50.3 Å². The van der Waals surface area contributed by atoms with Crippen LogP contribution in [0.15, 0.2) is 60.7 Å². The van der Waals surface area contributed by atoms with E-state index in [1.807, 2.05) is 18.2 Å². The van der Waals surface area contributed by atoms with Gasteiger partial charge in [0.25, 0.3) is 0 Å². The van der Waals surface area contributed by atoms with Crippen LogP contribution in [0.1, 0.15) is 26.7 Å². The molecule has 0 aliphatic carbocycles. The topological polar surface area (TPSA) is 35.5 Å². The van der Waals surface area contributed by atoms with Gasteiger partial charge in [0.2, 0.25) is 0 Å². The maximum absolute atomic E-state index is 12.0. The number of carbonyl (C=O) groups excluding carboxylic acids is 1. The van der Waals surface area contributed by atoms with E-state index >= 15 is 0 Å². The summed E-state index contributed by atoms with van der Waals surface area (Å²) in [6.45, 7) is 7.97. The van der Waals surface area contributed by atoms with Gasteiger partial charge in [-0.15, -0.1) is 0 Å². The highest BCUT2D eigenvalue weighted by atomic mass is 16.6. The second-order valence-electron chi connectivity index (χ2n) is 6.19. The first kappa shape index (κ1) is 17.0. The largest absolute Gasteiger partial charge is 0.489 e. The molecule has 0 N–H and O–H groups in total. The third-order valence-electron chi connectivity index (χ3n) is 4.10. The number of esters is 1. The van der Waals surface area contributed by atoms with E-state index in [-0.39, 0.29) is 0 Å². The summed E-state index contributed by atoms with van der Waals surface area (Å²) in [6.07, 6.45) is 1.98. The Kier molecular flexibility index (Phi) is 5.03. The van der Waals surface area contributed by atoms with Crippen LogP contribution >= 0.6 is 0 Å². The molecule has 0 aliphatic heterocycles. The van der Waals surface area contributed by atoms with E-state index in [2.05, 4.69) is 37.8 Å². The first-order chi connectivity index (χ1) is 12.1. The fourth-order valence-electron chi connectivity index (χ4n) is 2.70. The summed E-state index contributed by atoms with van der Waals surface area (Å²) < 4.78 is 11.5. The Balaban J connectivity index is 2.13. The highest BCUT2D eigenvalue weighted by Gasteiger charge is 2.15. The zero-order valence-electron chi connectivity index (χ0n) is 14.7. The lowest BCUT2D eigenvalue weighted by molar-refractivity contribution is -0.130. The standard InChI is InChI=1S/C22H22O3/c1-4-5-12-24-21-19-14-17-9-7-6-8-16(17)13-18(19)10-11-20(21)25-22(23)15(2)3/h6-11,13-14H,2,4-5,12H2,1,3H3. The van der Waals surface area contributed by atoms with Gasteiger partial charge in [-0.25, -0.2) is 4.79 Å². The van der Waals surface area contributed by atoms with Gasteiger partial charge in [-0.3, -0.25) is 0 Å². The molecule has 0 aromatic heterocycles. The molecule has 128 valence electrons. The van der Waals surface area contributed by atoms with Crippen LogP contribution in [0, 0.1) is 0 Å². The van der Waals surface area contributed by atoms with Gasteiger partial charge in [0, 0.05) is 11.0 Å². The maximum atomic E-state index is 12.0. The lowest BCUT2D eigenvalue weighted by Crippen LogP contribution is -2.10. The van der Waals surface area contributed by atoms with Crippen LogP contribution in [-0.4, -0.2) is 12.6 Å². The van der Waals surface area contributed by atoms with Crippen molar-refractivity contribution in [1.82, 2.24) is 0 Å². The molecular formula is C22H22O3. The predicted molar refractivity (Wildman–Crippen MR) is 102 cm³/mol. The van der Waals surface area contributed by atoms with Crippen molar-refractivity contribution in [2.75, 3.05) is 6.61 Å². The average molecular weight is 334 g/mol. The Morgan fingerprint density at radius 1 is 1.04 bits per heavy atom. The molecule has 3 aromatic rings. The number of hydrogen-bond acceptors (Lipinski definition) is 3. The van der Waals surface area contributed by atoms with Crippen molar-refractivity contribution < 1.29 is 14.3 Å². The normalized spacial score (nSPS) is 10.8. The number of rotatable bonds is 6. The molecule has 0 saturated carbocycles. The minimum absolute atomic E-state index is 0.359. The number of benzene rings is 3. The summed E-state index contributed by atoms with van der Waals surface area (Å²) in [4.78, 5) is 12.0. The third kappa shape index (κ3) is 3.66. The zero-order chi connectivity index (χ0) is 17.8. The molecule has 3 aromatic carbocycles. The maximum Gasteiger partial charge on any atom is 0.338 e. The smallest absolute Gasteiger partial charge is 0.338 e. The molecule has 0 atom stereocenters. The van der Waals surface area contributed by atoms with Crippen LogP contribution in [0.2, 0.25) is 0 Å². The molecular weight excluding hydrogens is 312 g/mol. The molecule has 0 saturated heterocycles. The van der Waals surface area contributed by atoms with E-state index in [1.54, 1.807) is 13.0 Å². The van der Waals surface area contributed by atoms with Crippen molar-refractivity contribution in [3.8, 4) is 11.5 Å². The molecule has 3 rings (SSSR count). The SMILES string of the molecule is C=C(C)C(=O)Oc1ccc2cc3ccccc3cc2c1OCCCC. The fourth-order valence-corrected chi connectivity index (χ4v) is 2.70. The summed E-state index contributed by atoms with van der Waals surface area (Å²) in [5, 5.41) is 4.29. The summed E-state index contributed by atoms with van der Waals surface area (Å²) >= 11 is 0. The molecule has 0 bridgehead atoms. The number of hydrogen-bond donors (Lipinski definition) is 0. The Morgan fingerprint density at radius 3 is 2.44 bits per heavy atom. The van der Waals surface area contributed by atoms with E-state index in [0.717, 1.165) is 29.0 Å². The van der Waals surface area contributed by atoms with Crippen LogP contribution < -0.4 is 9.47 Å². The Hall–Kier alpha value is -2.81. The van der Waals surface area contributed by atoms with Crippen LogP contribution in [0.3, 0.4) is 0 Å². The first-order valence-corrected chi connectivity index (χ1v) is 8.56. The van der Waals surface area contributed by atoms with Crippen LogP contribution in [0.25, 0.3) is 21.5 Å². The molecule has 3 heteroatoms. The minimum atomic E-state index is -0.444. The predicted octanol–water partition coefficient (Wildman–Crippen LogP) is 5.65. The van der Waals surface area contributed by atoms with E-state index in [1.165, 1.54) is 5.39 Å². The second-order valence-corrected chi connectivity index (χ2v) is 6.19. The highest BCUT2D eigenvalue weighted by Crippen LogP contribution is 2.38. The zero-order valence-corrected chi connectivity index (χ0v) is 14.7. The van der Waals surface area contributed by atoms with Gasteiger partial charge in [-0.05, 0) is 47.7 Å². The summed E-state index contributed by atoms with van der Waals surface area (Å²) in [5.74, 6) is 0.610. The summed E-state index contributed by atoms with van der Waals surface area (Å²) in [7, 11) is 0. The first-order valence-electron chi connectivity index (χ1n) is 8.56. The number of carbonyl (C=O) groups is 1. The summed E-state index contributed by atoms with van der Waals surface area (Å²) in [5.41, 5.74) is 0.359. The fraction of sp³-hybridized carbons (Fsp3) is 0.227. The molecule has 0 heterocycles. The van der Waals surface area contributed by atoms with E-state index in [0.29, 0.717) is 23.7 Å². The van der Waals surface area contributed by atoms with Crippen LogP contribution in [-0.2, 0) is 4.79 Å². The van der Waals surface area contributed by atoms with Crippen LogP contribution in [0.4, 0.5) is 0 Å². The van der Waals surface area contributed by atoms with E-state index in [4.69, 9.17) is 9.47 Å². The van der Waals surface area contributed by atoms with Crippen LogP contribution in [0.5, 0.6) is 11.5 Å². The quantitative estimate of drug-likeness (QED) is 0.192. The van der Waals surface area contributed by atoms with Crippen molar-refractivity contribution in [2.24, 2.45) is 0 Å². The van der Waals surface area contributed by atoms with Crippen molar-refractivity contribution in [3.05, 3.63) is 60.7 Å². The van der Waals surface area contributed by atoms with Gasteiger partial charge >= 0.3 is 5.97 Å². The molecule has 3 nitrogen and oxygen atoms in total. The molecule has 0 aliphatic rings. The van der Waals surface area contributed by atoms with Crippen molar-refractivity contribution >= 4 is 27.5 Å².